The average Bonchev–Trinajstić information content (AvgIpc) is 3.04. The van der Waals surface area contributed by atoms with Crippen LogP contribution in [0.3, 0.4) is 0 Å². The van der Waals surface area contributed by atoms with Gasteiger partial charge in [-0.05, 0) is 24.7 Å². The van der Waals surface area contributed by atoms with Gasteiger partial charge in [0, 0.05) is 26.0 Å². The maximum absolute atomic E-state index is 4.55. The number of imidazole rings is 1. The highest BCUT2D eigenvalue weighted by Gasteiger charge is 2.40. The molecule has 0 amide bonds. The van der Waals surface area contributed by atoms with Crippen molar-refractivity contribution in [1.82, 2.24) is 14.4 Å². The molecule has 0 aliphatic heterocycles. The standard InChI is InChI=1S/C13H19N5/c1-3-13(4-5-13)9-16-11-12-15-6-7-18(12)8-10(14-2)17-11/h6-8,14H,3-5,9H2,1-2H3,(H,16,17). The van der Waals surface area contributed by atoms with E-state index in [0.29, 0.717) is 5.41 Å². The average molecular weight is 245 g/mol. The van der Waals surface area contributed by atoms with Gasteiger partial charge in [0.2, 0.25) is 0 Å². The fourth-order valence-electron chi connectivity index (χ4n) is 2.27. The molecule has 0 aromatic carbocycles. The molecular weight excluding hydrogens is 226 g/mol. The van der Waals surface area contributed by atoms with Crippen molar-refractivity contribution >= 4 is 17.3 Å². The molecule has 1 fully saturated rings. The molecule has 3 rings (SSSR count). The summed E-state index contributed by atoms with van der Waals surface area (Å²) in [6, 6.07) is 0. The van der Waals surface area contributed by atoms with Crippen molar-refractivity contribution in [3.05, 3.63) is 18.6 Å². The van der Waals surface area contributed by atoms with E-state index in [1.54, 1.807) is 6.20 Å². The first-order valence-corrected chi connectivity index (χ1v) is 6.52. The molecule has 96 valence electrons. The van der Waals surface area contributed by atoms with Gasteiger partial charge in [0.15, 0.2) is 11.5 Å². The third-order valence-corrected chi connectivity index (χ3v) is 3.97. The summed E-state index contributed by atoms with van der Waals surface area (Å²) in [6.07, 6.45) is 9.57. The van der Waals surface area contributed by atoms with E-state index in [2.05, 4.69) is 27.5 Å². The van der Waals surface area contributed by atoms with Crippen molar-refractivity contribution in [1.29, 1.82) is 0 Å². The van der Waals surface area contributed by atoms with E-state index in [-0.39, 0.29) is 0 Å². The van der Waals surface area contributed by atoms with E-state index >= 15 is 0 Å². The van der Waals surface area contributed by atoms with Gasteiger partial charge in [0.1, 0.15) is 5.82 Å². The summed E-state index contributed by atoms with van der Waals surface area (Å²) in [4.78, 5) is 8.90. The number of anilines is 2. The third kappa shape index (κ3) is 1.89. The molecule has 2 aromatic rings. The first-order chi connectivity index (χ1) is 8.76. The van der Waals surface area contributed by atoms with Crippen molar-refractivity contribution in [2.75, 3.05) is 24.2 Å². The van der Waals surface area contributed by atoms with Crippen LogP contribution in [0.2, 0.25) is 0 Å². The van der Waals surface area contributed by atoms with Crippen LogP contribution in [-0.2, 0) is 0 Å². The van der Waals surface area contributed by atoms with Crippen LogP contribution in [0.5, 0.6) is 0 Å². The number of hydrogen-bond donors (Lipinski definition) is 2. The van der Waals surface area contributed by atoms with Crippen LogP contribution in [0, 0.1) is 5.41 Å². The van der Waals surface area contributed by atoms with Crippen LogP contribution in [0.25, 0.3) is 5.65 Å². The van der Waals surface area contributed by atoms with Crippen LogP contribution in [-0.4, -0.2) is 28.0 Å². The van der Waals surface area contributed by atoms with Crippen molar-refractivity contribution in [2.24, 2.45) is 5.41 Å². The van der Waals surface area contributed by atoms with E-state index in [1.165, 1.54) is 19.3 Å². The largest absolute Gasteiger partial charge is 0.372 e. The molecule has 1 saturated carbocycles. The summed E-state index contributed by atoms with van der Waals surface area (Å²) in [6.45, 7) is 3.25. The molecule has 0 radical (unpaired) electrons. The zero-order chi connectivity index (χ0) is 12.6. The lowest BCUT2D eigenvalue weighted by Gasteiger charge is -2.15. The molecule has 18 heavy (non-hydrogen) atoms. The quantitative estimate of drug-likeness (QED) is 0.849. The van der Waals surface area contributed by atoms with Gasteiger partial charge < -0.3 is 15.0 Å². The molecule has 0 saturated heterocycles. The van der Waals surface area contributed by atoms with Crippen LogP contribution in [0.15, 0.2) is 18.6 Å². The minimum Gasteiger partial charge on any atom is -0.372 e. The predicted molar refractivity (Wildman–Crippen MR) is 73.0 cm³/mol. The van der Waals surface area contributed by atoms with E-state index < -0.39 is 0 Å². The summed E-state index contributed by atoms with van der Waals surface area (Å²) < 4.78 is 1.99. The van der Waals surface area contributed by atoms with Crippen LogP contribution in [0.1, 0.15) is 26.2 Å². The van der Waals surface area contributed by atoms with E-state index in [0.717, 1.165) is 23.8 Å². The first-order valence-electron chi connectivity index (χ1n) is 6.52. The Hall–Kier alpha value is -1.78. The highest BCUT2D eigenvalue weighted by atomic mass is 15.1. The van der Waals surface area contributed by atoms with Gasteiger partial charge in [-0.2, -0.15) is 0 Å². The minimum atomic E-state index is 0.501. The summed E-state index contributed by atoms with van der Waals surface area (Å²) in [5.41, 5.74) is 1.39. The highest BCUT2D eigenvalue weighted by Crippen LogP contribution is 2.48. The van der Waals surface area contributed by atoms with Gasteiger partial charge in [-0.15, -0.1) is 0 Å². The zero-order valence-electron chi connectivity index (χ0n) is 10.9. The maximum atomic E-state index is 4.55. The molecule has 0 unspecified atom stereocenters. The van der Waals surface area contributed by atoms with E-state index in [9.17, 15) is 0 Å². The molecule has 2 aromatic heterocycles. The molecule has 5 nitrogen and oxygen atoms in total. The normalized spacial score (nSPS) is 16.8. The second-order valence-corrected chi connectivity index (χ2v) is 5.09. The summed E-state index contributed by atoms with van der Waals surface area (Å²) in [5.74, 6) is 1.72. The number of nitrogens with one attached hydrogen (secondary N) is 2. The molecule has 1 aliphatic carbocycles. The Balaban J connectivity index is 1.87. The van der Waals surface area contributed by atoms with Gasteiger partial charge in [0.25, 0.3) is 0 Å². The van der Waals surface area contributed by atoms with Crippen LogP contribution < -0.4 is 10.6 Å². The SMILES string of the molecule is CCC1(CNc2nc(NC)cn3ccnc23)CC1. The molecule has 2 heterocycles. The molecule has 2 N–H and O–H groups in total. The molecule has 0 bridgehead atoms. The fraction of sp³-hybridized carbons (Fsp3) is 0.538. The van der Waals surface area contributed by atoms with E-state index in [1.807, 2.05) is 23.8 Å². The van der Waals surface area contributed by atoms with Crippen molar-refractivity contribution in [2.45, 2.75) is 26.2 Å². The van der Waals surface area contributed by atoms with Crippen molar-refractivity contribution in [3.63, 3.8) is 0 Å². The Labute approximate surface area is 107 Å². The van der Waals surface area contributed by atoms with Gasteiger partial charge in [-0.1, -0.05) is 6.92 Å². The monoisotopic (exact) mass is 245 g/mol. The fourth-order valence-corrected chi connectivity index (χ4v) is 2.27. The maximum Gasteiger partial charge on any atom is 0.180 e. The topological polar surface area (TPSA) is 54.2 Å². The number of nitrogens with zero attached hydrogens (tertiary/aromatic N) is 3. The second kappa shape index (κ2) is 4.15. The third-order valence-electron chi connectivity index (χ3n) is 3.97. The van der Waals surface area contributed by atoms with Crippen LogP contribution in [0.4, 0.5) is 11.6 Å². The lowest BCUT2D eigenvalue weighted by atomic mass is 10.0. The van der Waals surface area contributed by atoms with Gasteiger partial charge >= 0.3 is 0 Å². The van der Waals surface area contributed by atoms with Crippen molar-refractivity contribution < 1.29 is 0 Å². The van der Waals surface area contributed by atoms with Crippen LogP contribution >= 0.6 is 0 Å². The zero-order valence-corrected chi connectivity index (χ0v) is 10.9. The summed E-state index contributed by atoms with van der Waals surface area (Å²) in [7, 11) is 1.88. The number of hydrogen-bond acceptors (Lipinski definition) is 4. The molecule has 1 aliphatic rings. The van der Waals surface area contributed by atoms with Gasteiger partial charge in [-0.25, -0.2) is 9.97 Å². The van der Waals surface area contributed by atoms with Gasteiger partial charge in [-0.3, -0.25) is 0 Å². The highest BCUT2D eigenvalue weighted by molar-refractivity contribution is 5.65. The lowest BCUT2D eigenvalue weighted by molar-refractivity contribution is 0.521. The molecule has 5 heteroatoms. The lowest BCUT2D eigenvalue weighted by Crippen LogP contribution is -2.16. The van der Waals surface area contributed by atoms with E-state index in [4.69, 9.17) is 0 Å². The number of fused-ring (bicyclic) bond motifs is 1. The molecular formula is C13H19N5. The summed E-state index contributed by atoms with van der Waals surface area (Å²) in [5, 5.41) is 6.54. The Morgan fingerprint density at radius 1 is 1.44 bits per heavy atom. The number of aromatic nitrogens is 3. The molecule has 0 spiro atoms. The Morgan fingerprint density at radius 2 is 2.28 bits per heavy atom. The van der Waals surface area contributed by atoms with Crippen molar-refractivity contribution in [3.8, 4) is 0 Å². The smallest absolute Gasteiger partial charge is 0.180 e. The Morgan fingerprint density at radius 3 is 2.94 bits per heavy atom. The predicted octanol–water partition coefficient (Wildman–Crippen LogP) is 2.37. The minimum absolute atomic E-state index is 0.501. The Bertz CT molecular complexity index is 556. The molecule has 0 atom stereocenters. The first kappa shape index (κ1) is 11.3. The summed E-state index contributed by atoms with van der Waals surface area (Å²) >= 11 is 0. The van der Waals surface area contributed by atoms with Gasteiger partial charge in [0.05, 0.1) is 6.20 Å². The Kier molecular flexibility index (Phi) is 2.61. The second-order valence-electron chi connectivity index (χ2n) is 5.09. The number of rotatable bonds is 5.